The van der Waals surface area contributed by atoms with Gasteiger partial charge in [0, 0.05) is 12.5 Å². The van der Waals surface area contributed by atoms with Gasteiger partial charge in [-0.3, -0.25) is 0 Å². The molecular formula is C15H20O2. The second-order valence-electron chi connectivity index (χ2n) is 5.38. The minimum absolute atomic E-state index is 0.186. The van der Waals surface area contributed by atoms with Gasteiger partial charge in [0.05, 0.1) is 12.7 Å². The molecular weight excluding hydrogens is 212 g/mol. The predicted molar refractivity (Wildman–Crippen MR) is 67.1 cm³/mol. The highest BCUT2D eigenvalue weighted by molar-refractivity contribution is 5.39. The first-order valence-electron chi connectivity index (χ1n) is 6.68. The van der Waals surface area contributed by atoms with Crippen LogP contribution < -0.4 is 0 Å². The molecule has 3 atom stereocenters. The van der Waals surface area contributed by atoms with Crippen molar-refractivity contribution in [2.75, 3.05) is 13.2 Å². The van der Waals surface area contributed by atoms with Gasteiger partial charge in [-0.2, -0.15) is 0 Å². The Morgan fingerprint density at radius 1 is 1.35 bits per heavy atom. The fraction of sp³-hybridized carbons (Fsp3) is 0.600. The lowest BCUT2D eigenvalue weighted by molar-refractivity contribution is -0.0150. The van der Waals surface area contributed by atoms with E-state index < -0.39 is 0 Å². The van der Waals surface area contributed by atoms with Crippen molar-refractivity contribution in [1.29, 1.82) is 0 Å². The molecule has 0 bridgehead atoms. The molecule has 0 spiro atoms. The minimum atomic E-state index is -0.186. The highest BCUT2D eigenvalue weighted by Gasteiger charge is 2.31. The zero-order valence-corrected chi connectivity index (χ0v) is 10.1. The summed E-state index contributed by atoms with van der Waals surface area (Å²) in [7, 11) is 0. The van der Waals surface area contributed by atoms with Crippen molar-refractivity contribution in [2.45, 2.75) is 37.7 Å². The molecule has 1 N–H and O–H groups in total. The summed E-state index contributed by atoms with van der Waals surface area (Å²) in [5, 5.41) is 10.3. The average Bonchev–Trinajstić information content (AvgIpc) is 2.37. The maximum Gasteiger partial charge on any atom is 0.0596 e. The molecule has 2 aliphatic rings. The van der Waals surface area contributed by atoms with E-state index >= 15 is 0 Å². The van der Waals surface area contributed by atoms with Crippen LogP contribution in [0.15, 0.2) is 24.3 Å². The molecule has 3 rings (SSSR count). The molecule has 0 saturated carbocycles. The molecule has 1 aromatic carbocycles. The molecule has 0 aromatic heterocycles. The monoisotopic (exact) mass is 232 g/mol. The summed E-state index contributed by atoms with van der Waals surface area (Å²) in [5.74, 6) is 0.930. The smallest absolute Gasteiger partial charge is 0.0596 e. The molecule has 17 heavy (non-hydrogen) atoms. The Labute approximate surface area is 103 Å². The van der Waals surface area contributed by atoms with E-state index in [9.17, 15) is 5.11 Å². The number of benzene rings is 1. The second-order valence-corrected chi connectivity index (χ2v) is 5.38. The summed E-state index contributed by atoms with van der Waals surface area (Å²) < 4.78 is 5.45. The van der Waals surface area contributed by atoms with Crippen LogP contribution in [0.3, 0.4) is 0 Å². The lowest BCUT2D eigenvalue weighted by Gasteiger charge is -2.34. The molecule has 1 fully saturated rings. The first-order valence-corrected chi connectivity index (χ1v) is 6.68. The summed E-state index contributed by atoms with van der Waals surface area (Å²) in [4.78, 5) is 0. The molecule has 0 radical (unpaired) electrons. The molecule has 2 nitrogen and oxygen atoms in total. The third kappa shape index (κ3) is 2.24. The number of hydrogen-bond donors (Lipinski definition) is 1. The molecule has 2 heteroatoms. The van der Waals surface area contributed by atoms with E-state index in [4.69, 9.17) is 4.74 Å². The Kier molecular flexibility index (Phi) is 3.17. The average molecular weight is 232 g/mol. The van der Waals surface area contributed by atoms with Crippen LogP contribution in [-0.2, 0) is 11.2 Å². The maximum absolute atomic E-state index is 10.3. The highest BCUT2D eigenvalue weighted by Crippen LogP contribution is 2.39. The minimum Gasteiger partial charge on any atom is -0.393 e. The van der Waals surface area contributed by atoms with Gasteiger partial charge >= 0.3 is 0 Å². The van der Waals surface area contributed by atoms with Crippen LogP contribution in [0.25, 0.3) is 0 Å². The SMILES string of the molecule is OC(CC1Cc2ccccc21)C1CCCOC1. The van der Waals surface area contributed by atoms with Crippen molar-refractivity contribution in [2.24, 2.45) is 5.92 Å². The zero-order valence-electron chi connectivity index (χ0n) is 10.1. The second kappa shape index (κ2) is 4.79. The van der Waals surface area contributed by atoms with Gasteiger partial charge in [-0.05, 0) is 42.7 Å². The summed E-state index contributed by atoms with van der Waals surface area (Å²) in [6, 6.07) is 8.59. The van der Waals surface area contributed by atoms with Crippen LogP contribution in [0.2, 0.25) is 0 Å². The van der Waals surface area contributed by atoms with Gasteiger partial charge < -0.3 is 9.84 Å². The Bertz CT molecular complexity index is 382. The Morgan fingerprint density at radius 2 is 2.24 bits per heavy atom. The van der Waals surface area contributed by atoms with Crippen molar-refractivity contribution in [3.8, 4) is 0 Å². The number of rotatable bonds is 3. The van der Waals surface area contributed by atoms with E-state index in [2.05, 4.69) is 24.3 Å². The molecule has 1 aliphatic heterocycles. The van der Waals surface area contributed by atoms with Crippen molar-refractivity contribution in [3.63, 3.8) is 0 Å². The van der Waals surface area contributed by atoms with Gasteiger partial charge in [-0.15, -0.1) is 0 Å². The normalized spacial score (nSPS) is 29.2. The molecule has 1 saturated heterocycles. The molecule has 92 valence electrons. The van der Waals surface area contributed by atoms with Gasteiger partial charge in [0.2, 0.25) is 0 Å². The van der Waals surface area contributed by atoms with Crippen molar-refractivity contribution < 1.29 is 9.84 Å². The predicted octanol–water partition coefficient (Wildman–Crippen LogP) is 2.50. The van der Waals surface area contributed by atoms with E-state index in [-0.39, 0.29) is 6.10 Å². The number of hydrogen-bond acceptors (Lipinski definition) is 2. The summed E-state index contributed by atoms with van der Waals surface area (Å²) in [6.45, 7) is 1.62. The van der Waals surface area contributed by atoms with Crippen LogP contribution in [-0.4, -0.2) is 24.4 Å². The topological polar surface area (TPSA) is 29.5 Å². The Hall–Kier alpha value is -0.860. The highest BCUT2D eigenvalue weighted by atomic mass is 16.5. The van der Waals surface area contributed by atoms with Crippen LogP contribution in [0.4, 0.5) is 0 Å². The summed E-state index contributed by atoms with van der Waals surface area (Å²) in [5.41, 5.74) is 2.91. The van der Waals surface area contributed by atoms with Gasteiger partial charge in [-0.1, -0.05) is 24.3 Å². The summed E-state index contributed by atoms with van der Waals surface area (Å²) in [6.07, 6.45) is 4.08. The number of fused-ring (bicyclic) bond motifs is 1. The Morgan fingerprint density at radius 3 is 3.00 bits per heavy atom. The number of aliphatic hydroxyl groups is 1. The third-order valence-corrected chi connectivity index (χ3v) is 4.23. The van der Waals surface area contributed by atoms with Crippen molar-refractivity contribution in [1.82, 2.24) is 0 Å². The molecule has 1 aromatic rings. The van der Waals surface area contributed by atoms with Gasteiger partial charge in [0.25, 0.3) is 0 Å². The van der Waals surface area contributed by atoms with Crippen molar-refractivity contribution >= 4 is 0 Å². The third-order valence-electron chi connectivity index (χ3n) is 4.23. The zero-order chi connectivity index (χ0) is 11.7. The largest absolute Gasteiger partial charge is 0.393 e. The molecule has 0 amide bonds. The lowest BCUT2D eigenvalue weighted by atomic mass is 9.73. The van der Waals surface area contributed by atoms with Crippen LogP contribution in [0.5, 0.6) is 0 Å². The van der Waals surface area contributed by atoms with E-state index in [1.165, 1.54) is 11.1 Å². The lowest BCUT2D eigenvalue weighted by Crippen LogP contribution is -2.32. The molecule has 1 heterocycles. The van der Waals surface area contributed by atoms with E-state index in [1.54, 1.807) is 0 Å². The van der Waals surface area contributed by atoms with Crippen molar-refractivity contribution in [3.05, 3.63) is 35.4 Å². The van der Waals surface area contributed by atoms with Crippen LogP contribution in [0, 0.1) is 5.92 Å². The molecule has 1 aliphatic carbocycles. The number of ether oxygens (including phenoxy) is 1. The fourth-order valence-corrected chi connectivity index (χ4v) is 3.13. The molecule has 3 unspecified atom stereocenters. The fourth-order valence-electron chi connectivity index (χ4n) is 3.13. The quantitative estimate of drug-likeness (QED) is 0.867. The van der Waals surface area contributed by atoms with Gasteiger partial charge in [0.1, 0.15) is 0 Å². The summed E-state index contributed by atoms with van der Waals surface area (Å²) >= 11 is 0. The van der Waals surface area contributed by atoms with Gasteiger partial charge in [-0.25, -0.2) is 0 Å². The van der Waals surface area contributed by atoms with Gasteiger partial charge in [0.15, 0.2) is 0 Å². The van der Waals surface area contributed by atoms with E-state index in [0.29, 0.717) is 11.8 Å². The standard InChI is InChI=1S/C15H20O2/c16-15(12-5-3-7-17-10-12)9-13-8-11-4-1-2-6-14(11)13/h1-2,4,6,12-13,15-16H,3,5,7-10H2. The Balaban J connectivity index is 1.58. The van der Waals surface area contributed by atoms with E-state index in [1.807, 2.05) is 0 Å². The first-order chi connectivity index (χ1) is 8.34. The first kappa shape index (κ1) is 11.2. The number of aliphatic hydroxyl groups excluding tert-OH is 1. The van der Waals surface area contributed by atoms with E-state index in [0.717, 1.165) is 38.9 Å². The van der Waals surface area contributed by atoms with Crippen LogP contribution >= 0.6 is 0 Å². The van der Waals surface area contributed by atoms with Crippen LogP contribution in [0.1, 0.15) is 36.3 Å². The maximum atomic E-state index is 10.3.